The van der Waals surface area contributed by atoms with E-state index >= 15 is 0 Å². The summed E-state index contributed by atoms with van der Waals surface area (Å²) in [6.07, 6.45) is 4.21. The van der Waals surface area contributed by atoms with E-state index in [1.807, 2.05) is 0 Å². The lowest BCUT2D eigenvalue weighted by molar-refractivity contribution is -0.130. The van der Waals surface area contributed by atoms with Crippen molar-refractivity contribution in [2.24, 2.45) is 5.92 Å². The van der Waals surface area contributed by atoms with Crippen molar-refractivity contribution in [1.29, 1.82) is 0 Å². The summed E-state index contributed by atoms with van der Waals surface area (Å²) >= 11 is 0. The molecule has 0 bridgehead atoms. The monoisotopic (exact) mass is 283 g/mol. The van der Waals surface area contributed by atoms with Crippen molar-refractivity contribution >= 4 is 11.9 Å². The molecule has 0 unspecified atom stereocenters. The first-order valence-electron chi connectivity index (χ1n) is 7.36. The third-order valence-electron chi connectivity index (χ3n) is 4.52. The van der Waals surface area contributed by atoms with Crippen LogP contribution in [-0.2, 0) is 4.79 Å². The third kappa shape index (κ3) is 3.06. The maximum atomic E-state index is 12.2. The molecule has 2 fully saturated rings. The van der Waals surface area contributed by atoms with E-state index < -0.39 is 0 Å². The van der Waals surface area contributed by atoms with Crippen molar-refractivity contribution in [3.05, 3.63) is 0 Å². The molecule has 6 heteroatoms. The molecule has 20 heavy (non-hydrogen) atoms. The molecular weight excluding hydrogens is 258 g/mol. The van der Waals surface area contributed by atoms with Crippen LogP contribution >= 0.6 is 0 Å². The van der Waals surface area contributed by atoms with E-state index in [2.05, 4.69) is 5.32 Å². The predicted octanol–water partition coefficient (Wildman–Crippen LogP) is 0.411. The van der Waals surface area contributed by atoms with Crippen LogP contribution in [0.1, 0.15) is 32.1 Å². The molecule has 1 aliphatic carbocycles. The van der Waals surface area contributed by atoms with E-state index in [-0.39, 0.29) is 30.0 Å². The van der Waals surface area contributed by atoms with Crippen LogP contribution < -0.4 is 5.32 Å². The Bertz CT molecular complexity index is 366. The third-order valence-corrected chi connectivity index (χ3v) is 4.52. The number of aliphatic hydroxyl groups is 1. The van der Waals surface area contributed by atoms with E-state index in [0.717, 1.165) is 19.3 Å². The second-order valence-electron chi connectivity index (χ2n) is 6.22. The van der Waals surface area contributed by atoms with Crippen molar-refractivity contribution in [1.82, 2.24) is 15.1 Å². The van der Waals surface area contributed by atoms with Crippen LogP contribution in [0.3, 0.4) is 0 Å². The van der Waals surface area contributed by atoms with Gasteiger partial charge < -0.3 is 20.2 Å². The molecule has 3 amide bonds. The first-order valence-corrected chi connectivity index (χ1v) is 7.36. The summed E-state index contributed by atoms with van der Waals surface area (Å²) in [6.45, 7) is 1.28. The zero-order valence-electron chi connectivity index (χ0n) is 12.4. The van der Waals surface area contributed by atoms with Crippen LogP contribution in [-0.4, -0.2) is 66.2 Å². The fraction of sp³-hybridized carbons (Fsp3) is 0.857. The van der Waals surface area contributed by atoms with Crippen molar-refractivity contribution in [2.45, 2.75) is 37.6 Å². The Balaban J connectivity index is 1.81. The second kappa shape index (κ2) is 5.99. The quantitative estimate of drug-likeness (QED) is 0.788. The Labute approximate surface area is 120 Å². The molecule has 2 rings (SSSR count). The summed E-state index contributed by atoms with van der Waals surface area (Å²) in [6, 6.07) is 0.00896. The highest BCUT2D eigenvalue weighted by atomic mass is 16.3. The lowest BCUT2D eigenvalue weighted by Crippen LogP contribution is -2.58. The van der Waals surface area contributed by atoms with Gasteiger partial charge in [0.05, 0.1) is 12.1 Å². The number of aliphatic hydroxyl groups excluding tert-OH is 1. The van der Waals surface area contributed by atoms with E-state index in [4.69, 9.17) is 0 Å². The number of carbonyl (C=O) groups is 2. The summed E-state index contributed by atoms with van der Waals surface area (Å²) in [4.78, 5) is 27.4. The van der Waals surface area contributed by atoms with Crippen molar-refractivity contribution < 1.29 is 14.7 Å². The number of hydrogen-bond donors (Lipinski definition) is 2. The number of nitrogens with one attached hydrogen (secondary N) is 1. The van der Waals surface area contributed by atoms with Crippen LogP contribution in [0.4, 0.5) is 4.79 Å². The minimum absolute atomic E-state index is 0.00896. The van der Waals surface area contributed by atoms with E-state index in [9.17, 15) is 14.7 Å². The first-order chi connectivity index (χ1) is 9.47. The molecule has 114 valence electrons. The van der Waals surface area contributed by atoms with Gasteiger partial charge in [0.15, 0.2) is 0 Å². The smallest absolute Gasteiger partial charge is 0.319 e. The zero-order valence-corrected chi connectivity index (χ0v) is 12.4. The molecule has 1 heterocycles. The Hall–Kier alpha value is -1.30. The summed E-state index contributed by atoms with van der Waals surface area (Å²) in [5, 5.41) is 12.4. The highest BCUT2D eigenvalue weighted by molar-refractivity contribution is 5.80. The topological polar surface area (TPSA) is 72.9 Å². The van der Waals surface area contributed by atoms with Gasteiger partial charge in [-0.2, -0.15) is 0 Å². The van der Waals surface area contributed by atoms with E-state index in [0.29, 0.717) is 25.9 Å². The molecule has 2 N–H and O–H groups in total. The maximum absolute atomic E-state index is 12.2. The highest BCUT2D eigenvalue weighted by Crippen LogP contribution is 2.32. The van der Waals surface area contributed by atoms with Crippen LogP contribution in [0.5, 0.6) is 0 Å². The van der Waals surface area contributed by atoms with Gasteiger partial charge in [0.2, 0.25) is 5.91 Å². The predicted molar refractivity (Wildman–Crippen MR) is 75.2 cm³/mol. The molecule has 6 nitrogen and oxygen atoms in total. The number of carbonyl (C=O) groups excluding carboxylic acids is 2. The van der Waals surface area contributed by atoms with Gasteiger partial charge in [-0.05, 0) is 32.1 Å². The van der Waals surface area contributed by atoms with Gasteiger partial charge in [-0.15, -0.1) is 0 Å². The molecule has 1 aliphatic heterocycles. The number of urea groups is 1. The number of hydrogen-bond acceptors (Lipinski definition) is 3. The number of nitrogens with zero attached hydrogens (tertiary/aromatic N) is 2. The van der Waals surface area contributed by atoms with Gasteiger partial charge in [-0.25, -0.2) is 4.79 Å². The molecular formula is C14H25N3O3. The molecule has 0 atom stereocenters. The molecule has 1 saturated heterocycles. The van der Waals surface area contributed by atoms with Crippen LogP contribution in [0, 0.1) is 5.92 Å². The van der Waals surface area contributed by atoms with Crippen molar-refractivity contribution in [3.8, 4) is 0 Å². The minimum atomic E-state index is -0.367. The number of likely N-dealkylation sites (tertiary alicyclic amines) is 1. The van der Waals surface area contributed by atoms with Crippen LogP contribution in [0.2, 0.25) is 0 Å². The van der Waals surface area contributed by atoms with Crippen LogP contribution in [0.25, 0.3) is 0 Å². The number of rotatable bonds is 3. The molecule has 0 spiro atoms. The Morgan fingerprint density at radius 3 is 2.30 bits per heavy atom. The van der Waals surface area contributed by atoms with Crippen molar-refractivity contribution in [2.75, 3.05) is 33.8 Å². The molecule has 0 aromatic heterocycles. The normalized spacial score (nSPS) is 22.1. The maximum Gasteiger partial charge on any atom is 0.319 e. The van der Waals surface area contributed by atoms with E-state index in [1.165, 1.54) is 0 Å². The van der Waals surface area contributed by atoms with Gasteiger partial charge in [0.25, 0.3) is 0 Å². The fourth-order valence-corrected chi connectivity index (χ4v) is 2.91. The van der Waals surface area contributed by atoms with E-state index in [1.54, 1.807) is 23.9 Å². The minimum Gasteiger partial charge on any atom is -0.394 e. The number of piperidine rings is 1. The van der Waals surface area contributed by atoms with Gasteiger partial charge in [-0.3, -0.25) is 4.79 Å². The lowest BCUT2D eigenvalue weighted by Gasteiger charge is -2.42. The average Bonchev–Trinajstić information content (AvgIpc) is 2.42. The molecule has 0 aromatic carbocycles. The summed E-state index contributed by atoms with van der Waals surface area (Å²) in [7, 11) is 3.48. The van der Waals surface area contributed by atoms with Gasteiger partial charge in [-0.1, -0.05) is 0 Å². The summed E-state index contributed by atoms with van der Waals surface area (Å²) in [5.74, 6) is 0.000870. The van der Waals surface area contributed by atoms with Gasteiger partial charge in [0, 0.05) is 33.1 Å². The molecule has 2 aliphatic rings. The SMILES string of the molecule is CN(C)C(=O)N1CCC(C(=O)NC2(CO)CCC2)CC1. The fourth-order valence-electron chi connectivity index (χ4n) is 2.91. The zero-order chi connectivity index (χ0) is 14.8. The Kier molecular flexibility index (Phi) is 4.52. The number of amides is 3. The highest BCUT2D eigenvalue weighted by Gasteiger charge is 2.39. The Morgan fingerprint density at radius 2 is 1.90 bits per heavy atom. The van der Waals surface area contributed by atoms with Crippen LogP contribution in [0.15, 0.2) is 0 Å². The van der Waals surface area contributed by atoms with Crippen molar-refractivity contribution in [3.63, 3.8) is 0 Å². The van der Waals surface area contributed by atoms with Gasteiger partial charge in [0.1, 0.15) is 0 Å². The van der Waals surface area contributed by atoms with Gasteiger partial charge >= 0.3 is 6.03 Å². The standard InChI is InChI=1S/C14H25N3O3/c1-16(2)13(20)17-8-4-11(5-9-17)12(19)15-14(10-18)6-3-7-14/h11,18H,3-10H2,1-2H3,(H,15,19). The molecule has 0 radical (unpaired) electrons. The largest absolute Gasteiger partial charge is 0.394 e. The summed E-state index contributed by atoms with van der Waals surface area (Å²) < 4.78 is 0. The second-order valence-corrected chi connectivity index (χ2v) is 6.22. The summed E-state index contributed by atoms with van der Waals surface area (Å²) in [5.41, 5.74) is -0.367. The lowest BCUT2D eigenvalue weighted by atomic mass is 9.77. The average molecular weight is 283 g/mol. The first kappa shape index (κ1) is 15.1. The molecule has 1 saturated carbocycles. The molecule has 0 aromatic rings. The Morgan fingerprint density at radius 1 is 1.30 bits per heavy atom.